The van der Waals surface area contributed by atoms with E-state index in [4.69, 9.17) is 9.72 Å². The van der Waals surface area contributed by atoms with Gasteiger partial charge in [-0.3, -0.25) is 9.88 Å². The molecule has 4 saturated heterocycles. The number of phenolic OH excluding ortho intramolecular Hbond substituents is 1. The largest absolute Gasteiger partial charge is 0.508 e. The summed E-state index contributed by atoms with van der Waals surface area (Å²) in [6.07, 6.45) is 3.80. The number of nitrogens with one attached hydrogen (secondary N) is 1. The molecule has 1 aliphatic carbocycles. The van der Waals surface area contributed by atoms with Crippen LogP contribution in [-0.2, 0) is 0 Å². The smallest absolute Gasteiger partial charge is 0.319 e. The second-order valence-electron chi connectivity index (χ2n) is 13.2. The van der Waals surface area contributed by atoms with Gasteiger partial charge in [0.15, 0.2) is 17.5 Å². The van der Waals surface area contributed by atoms with Crippen LogP contribution in [-0.4, -0.2) is 81.5 Å². The Morgan fingerprint density at radius 2 is 1.84 bits per heavy atom. The highest BCUT2D eigenvalue weighted by Gasteiger charge is 2.57. The van der Waals surface area contributed by atoms with Crippen LogP contribution in [0.25, 0.3) is 32.9 Å². The Labute approximate surface area is 250 Å². The molecule has 228 valence electrons. The average molecular weight is 607 g/mol. The topological polar surface area (TPSA) is 86.6 Å². The van der Waals surface area contributed by atoms with E-state index in [0.29, 0.717) is 61.2 Å². The number of fused-ring (bicyclic) bond motifs is 8. The zero-order chi connectivity index (χ0) is 29.9. The van der Waals surface area contributed by atoms with Crippen molar-refractivity contribution in [3.8, 4) is 23.0 Å². The van der Waals surface area contributed by atoms with Crippen molar-refractivity contribution >= 4 is 27.5 Å². The van der Waals surface area contributed by atoms with Crippen LogP contribution in [0.1, 0.15) is 25.7 Å². The van der Waals surface area contributed by atoms with Crippen molar-refractivity contribution in [1.82, 2.24) is 25.2 Å². The van der Waals surface area contributed by atoms with Gasteiger partial charge in [0.1, 0.15) is 35.6 Å². The summed E-state index contributed by atoms with van der Waals surface area (Å²) in [5, 5.41) is 14.3. The van der Waals surface area contributed by atoms with Gasteiger partial charge in [0.05, 0.1) is 10.9 Å². The van der Waals surface area contributed by atoms with E-state index in [1.165, 1.54) is 30.8 Å². The van der Waals surface area contributed by atoms with Gasteiger partial charge in [0, 0.05) is 49.9 Å². The highest BCUT2D eigenvalue weighted by Crippen LogP contribution is 2.52. The van der Waals surface area contributed by atoms with E-state index in [1.807, 2.05) is 0 Å². The van der Waals surface area contributed by atoms with Crippen LogP contribution in [0.2, 0.25) is 0 Å². The van der Waals surface area contributed by atoms with E-state index in [-0.39, 0.29) is 40.2 Å². The van der Waals surface area contributed by atoms with Gasteiger partial charge < -0.3 is 20.1 Å². The molecule has 12 heteroatoms. The molecule has 2 aromatic heterocycles. The van der Waals surface area contributed by atoms with Gasteiger partial charge in [-0.25, -0.2) is 17.6 Å². The average Bonchev–Trinajstić information content (AvgIpc) is 3.55. The van der Waals surface area contributed by atoms with Crippen molar-refractivity contribution in [2.75, 3.05) is 37.7 Å². The van der Waals surface area contributed by atoms with Crippen LogP contribution in [0.15, 0.2) is 30.5 Å². The minimum absolute atomic E-state index is 0.0439. The number of benzene rings is 2. The molecule has 5 fully saturated rings. The van der Waals surface area contributed by atoms with Crippen LogP contribution in [0.5, 0.6) is 11.8 Å². The molecule has 6 atom stereocenters. The van der Waals surface area contributed by atoms with Gasteiger partial charge in [0.2, 0.25) is 0 Å². The molecule has 0 spiro atoms. The van der Waals surface area contributed by atoms with E-state index < -0.39 is 34.9 Å². The van der Waals surface area contributed by atoms with Crippen LogP contribution in [0.4, 0.5) is 23.4 Å². The number of nitrogens with zero attached hydrogens (tertiary/aromatic N) is 5. The highest BCUT2D eigenvalue weighted by atomic mass is 19.2. The minimum Gasteiger partial charge on any atom is -0.508 e. The van der Waals surface area contributed by atoms with Crippen LogP contribution in [0, 0.1) is 29.3 Å². The number of halogens is 4. The van der Waals surface area contributed by atoms with E-state index in [1.54, 1.807) is 0 Å². The lowest BCUT2D eigenvalue weighted by molar-refractivity contribution is 0.107. The summed E-state index contributed by atoms with van der Waals surface area (Å²) in [6, 6.07) is 5.54. The van der Waals surface area contributed by atoms with E-state index in [2.05, 4.69) is 25.1 Å². The zero-order valence-corrected chi connectivity index (χ0v) is 23.7. The fraction of sp³-hybridized carbons (Fsp3) is 0.469. The molecule has 5 aliphatic rings. The third-order valence-corrected chi connectivity index (χ3v) is 10.6. The number of ether oxygens (including phenoxy) is 1. The van der Waals surface area contributed by atoms with Crippen molar-refractivity contribution in [2.45, 2.75) is 49.5 Å². The van der Waals surface area contributed by atoms with Gasteiger partial charge in [-0.2, -0.15) is 9.97 Å². The molecule has 4 aromatic rings. The molecule has 8 nitrogen and oxygen atoms in total. The Morgan fingerprint density at radius 1 is 1.02 bits per heavy atom. The van der Waals surface area contributed by atoms with Gasteiger partial charge in [-0.05, 0) is 72.7 Å². The van der Waals surface area contributed by atoms with E-state index >= 15 is 8.78 Å². The maximum atomic E-state index is 16.6. The van der Waals surface area contributed by atoms with Crippen molar-refractivity contribution < 1.29 is 27.4 Å². The molecule has 2 aromatic carbocycles. The lowest BCUT2D eigenvalue weighted by Crippen LogP contribution is -2.54. The summed E-state index contributed by atoms with van der Waals surface area (Å²) in [4.78, 5) is 17.8. The lowest BCUT2D eigenvalue weighted by Gasteiger charge is -2.36. The first-order chi connectivity index (χ1) is 21.3. The normalized spacial score (nSPS) is 30.7. The predicted octanol–water partition coefficient (Wildman–Crippen LogP) is 4.72. The van der Waals surface area contributed by atoms with E-state index in [9.17, 15) is 13.9 Å². The molecule has 1 saturated carbocycles. The molecule has 44 heavy (non-hydrogen) atoms. The van der Waals surface area contributed by atoms with Crippen molar-refractivity contribution in [1.29, 1.82) is 0 Å². The predicted molar refractivity (Wildman–Crippen MR) is 155 cm³/mol. The molecule has 4 aliphatic heterocycles. The maximum Gasteiger partial charge on any atom is 0.319 e. The fourth-order valence-electron chi connectivity index (χ4n) is 8.50. The first-order valence-corrected chi connectivity index (χ1v) is 15.3. The van der Waals surface area contributed by atoms with Crippen molar-refractivity contribution in [2.24, 2.45) is 11.8 Å². The minimum atomic E-state index is -1.25. The molecule has 2 bridgehead atoms. The number of piperidine rings is 1. The third-order valence-electron chi connectivity index (χ3n) is 10.6. The first kappa shape index (κ1) is 26.6. The van der Waals surface area contributed by atoms with Crippen LogP contribution < -0.4 is 15.0 Å². The van der Waals surface area contributed by atoms with Gasteiger partial charge in [0.25, 0.3) is 0 Å². The second-order valence-corrected chi connectivity index (χ2v) is 13.2. The third kappa shape index (κ3) is 3.92. The summed E-state index contributed by atoms with van der Waals surface area (Å²) in [6.45, 7) is 2.70. The first-order valence-electron chi connectivity index (χ1n) is 15.3. The Hall–Kier alpha value is -3.77. The summed E-state index contributed by atoms with van der Waals surface area (Å²) < 4.78 is 67.3. The summed E-state index contributed by atoms with van der Waals surface area (Å²) in [5.74, 6) is -1.77. The second kappa shape index (κ2) is 9.37. The Balaban J connectivity index is 1.18. The van der Waals surface area contributed by atoms with Crippen LogP contribution >= 0.6 is 0 Å². The summed E-state index contributed by atoms with van der Waals surface area (Å²) in [5.41, 5.74) is -1.33. The molecular weight excluding hydrogens is 576 g/mol. The highest BCUT2D eigenvalue weighted by molar-refractivity contribution is 5.99. The SMILES string of the molecule is Oc1ccc2c(-c3ncc4c(N5C[C@@H]6N[C@H](C5)[C@H]5C[C@H]56)nc(OC[C@@]56CCCN5C[C@H](F)C6)nc4c3F)c(F)c(F)cc2c1. The monoisotopic (exact) mass is 606 g/mol. The number of rotatable bonds is 5. The van der Waals surface area contributed by atoms with Gasteiger partial charge >= 0.3 is 6.01 Å². The molecule has 0 radical (unpaired) electrons. The van der Waals surface area contributed by atoms with E-state index in [0.717, 1.165) is 25.5 Å². The number of hydrogen-bond acceptors (Lipinski definition) is 8. The van der Waals surface area contributed by atoms with Crippen molar-refractivity contribution in [3.05, 3.63) is 47.9 Å². The Morgan fingerprint density at radius 3 is 2.66 bits per heavy atom. The fourth-order valence-corrected chi connectivity index (χ4v) is 8.50. The number of alkyl halides is 1. The summed E-state index contributed by atoms with van der Waals surface area (Å²) in [7, 11) is 0. The number of hydrogen-bond donors (Lipinski definition) is 2. The number of anilines is 1. The van der Waals surface area contributed by atoms with Gasteiger partial charge in [-0.1, -0.05) is 0 Å². The summed E-state index contributed by atoms with van der Waals surface area (Å²) >= 11 is 0. The molecule has 0 unspecified atom stereocenters. The van der Waals surface area contributed by atoms with Crippen LogP contribution in [0.3, 0.4) is 0 Å². The lowest BCUT2D eigenvalue weighted by atomic mass is 9.95. The Bertz CT molecular complexity index is 1840. The number of pyridine rings is 1. The number of phenols is 1. The standard InChI is InChI=1S/C32H30F4N6O2/c33-16-9-32(4-1-5-42(32)11-16)14-44-31-39-28-21(30(40-31)41-12-23-19-8-20(19)24(13-41)38-23)10-37-29(27(28)36)25-18-3-2-17(43)6-15(18)7-22(34)26(25)35/h2-3,6-7,10,16,19-20,23-24,38,43H,1,4-5,8-9,11-14H2/t16-,19-,20+,23+,24-,32+/m1/s1. The Kier molecular flexibility index (Phi) is 5.67. The maximum absolute atomic E-state index is 16.6. The number of aromatic hydroxyl groups is 1. The van der Waals surface area contributed by atoms with Crippen molar-refractivity contribution in [3.63, 3.8) is 0 Å². The zero-order valence-electron chi connectivity index (χ0n) is 23.7. The van der Waals surface area contributed by atoms with Gasteiger partial charge in [-0.15, -0.1) is 0 Å². The number of aromatic nitrogens is 3. The molecule has 6 heterocycles. The molecule has 2 N–H and O–H groups in total. The molecular formula is C32H30F4N6O2. The molecule has 0 amide bonds. The number of piperazine rings is 1. The molecule has 9 rings (SSSR count). The quantitative estimate of drug-likeness (QED) is 0.316.